The van der Waals surface area contributed by atoms with Crippen LogP contribution >= 0.6 is 0 Å². The lowest BCUT2D eigenvalue weighted by atomic mass is 10.1. The summed E-state index contributed by atoms with van der Waals surface area (Å²) in [6.07, 6.45) is 2.39. The van der Waals surface area contributed by atoms with Gasteiger partial charge in [0.2, 0.25) is 5.91 Å². The second-order valence-electron chi connectivity index (χ2n) is 4.02. The molecule has 3 N–H and O–H groups in total. The molecule has 0 aromatic rings. The van der Waals surface area contributed by atoms with Crippen molar-refractivity contribution >= 4 is 11.9 Å². The fourth-order valence-corrected chi connectivity index (χ4v) is 1.82. The zero-order valence-electron chi connectivity index (χ0n) is 9.16. The van der Waals surface area contributed by atoms with E-state index in [4.69, 9.17) is 5.73 Å². The van der Waals surface area contributed by atoms with E-state index in [0.29, 0.717) is 6.42 Å². The first-order valence-corrected chi connectivity index (χ1v) is 5.18. The Kier molecular flexibility index (Phi) is 4.08. The van der Waals surface area contributed by atoms with Crippen LogP contribution in [0.4, 0.5) is 0 Å². The number of nitrogens with two attached hydrogens (primary N) is 1. The van der Waals surface area contributed by atoms with Crippen LogP contribution in [0.3, 0.4) is 0 Å². The number of nitrogens with one attached hydrogen (secondary N) is 1. The summed E-state index contributed by atoms with van der Waals surface area (Å²) in [6, 6.07) is -0.464. The summed E-state index contributed by atoms with van der Waals surface area (Å²) in [6.45, 7) is 1.61. The minimum Gasteiger partial charge on any atom is -0.467 e. The molecule has 1 fully saturated rings. The average Bonchev–Trinajstić information content (AvgIpc) is 2.63. The number of esters is 1. The first kappa shape index (κ1) is 12.0. The molecule has 1 aliphatic rings. The van der Waals surface area contributed by atoms with Gasteiger partial charge in [0.15, 0.2) is 0 Å². The molecule has 0 aromatic carbocycles. The van der Waals surface area contributed by atoms with Gasteiger partial charge in [-0.15, -0.1) is 0 Å². The van der Waals surface area contributed by atoms with E-state index in [9.17, 15) is 9.59 Å². The number of hydrogen-bond donors (Lipinski definition) is 2. The molecule has 0 radical (unpaired) electrons. The zero-order valence-corrected chi connectivity index (χ0v) is 9.16. The van der Waals surface area contributed by atoms with Gasteiger partial charge >= 0.3 is 5.97 Å². The highest BCUT2D eigenvalue weighted by atomic mass is 16.5. The lowest BCUT2D eigenvalue weighted by Gasteiger charge is -2.15. The van der Waals surface area contributed by atoms with Crippen LogP contribution in [-0.4, -0.2) is 31.1 Å². The molecule has 0 heterocycles. The standard InChI is InChI=1S/C10H18N2O3/c1-6(10(14)15-2)12-9(13)7-3-4-8(11)5-7/h6-8H,3-5,11H2,1-2H3,(H,12,13)/t6-,7?,8?/m1/s1. The summed E-state index contributed by atoms with van der Waals surface area (Å²) >= 11 is 0. The Morgan fingerprint density at radius 3 is 2.60 bits per heavy atom. The number of methoxy groups -OCH3 is 1. The molecule has 0 aromatic heterocycles. The highest BCUT2D eigenvalue weighted by Crippen LogP contribution is 2.24. The van der Waals surface area contributed by atoms with Crippen LogP contribution in [0.1, 0.15) is 26.2 Å². The van der Waals surface area contributed by atoms with Crippen molar-refractivity contribution in [2.75, 3.05) is 7.11 Å². The van der Waals surface area contributed by atoms with Crippen LogP contribution in [-0.2, 0) is 14.3 Å². The zero-order chi connectivity index (χ0) is 11.4. The molecule has 86 valence electrons. The normalized spacial score (nSPS) is 27.1. The molecule has 3 atom stereocenters. The number of carbonyl (C=O) groups excluding carboxylic acids is 2. The lowest BCUT2D eigenvalue weighted by Crippen LogP contribution is -2.42. The number of carbonyl (C=O) groups is 2. The fraction of sp³-hybridized carbons (Fsp3) is 0.800. The Balaban J connectivity index is 2.38. The van der Waals surface area contributed by atoms with Crippen LogP contribution in [0.15, 0.2) is 0 Å². The Bertz CT molecular complexity index is 255. The molecule has 15 heavy (non-hydrogen) atoms. The van der Waals surface area contributed by atoms with E-state index in [1.165, 1.54) is 7.11 Å². The van der Waals surface area contributed by atoms with Gasteiger partial charge in [0.1, 0.15) is 6.04 Å². The van der Waals surface area contributed by atoms with Crippen LogP contribution in [0, 0.1) is 5.92 Å². The van der Waals surface area contributed by atoms with Gasteiger partial charge in [0.25, 0.3) is 0 Å². The number of hydrogen-bond acceptors (Lipinski definition) is 4. The highest BCUT2D eigenvalue weighted by molar-refractivity contribution is 5.85. The molecule has 5 nitrogen and oxygen atoms in total. The molecule has 2 unspecified atom stereocenters. The van der Waals surface area contributed by atoms with Crippen molar-refractivity contribution in [1.29, 1.82) is 0 Å². The van der Waals surface area contributed by atoms with Gasteiger partial charge < -0.3 is 15.8 Å². The molecule has 1 amide bonds. The van der Waals surface area contributed by atoms with E-state index in [1.807, 2.05) is 0 Å². The van der Waals surface area contributed by atoms with Crippen molar-refractivity contribution in [2.24, 2.45) is 11.7 Å². The first-order valence-electron chi connectivity index (χ1n) is 5.18. The predicted molar refractivity (Wildman–Crippen MR) is 54.9 cm³/mol. The first-order chi connectivity index (χ1) is 7.04. The molecule has 0 bridgehead atoms. The second-order valence-corrected chi connectivity index (χ2v) is 4.02. The predicted octanol–water partition coefficient (Wildman–Crippen LogP) is -0.208. The molecule has 1 saturated carbocycles. The van der Waals surface area contributed by atoms with Gasteiger partial charge in [-0.25, -0.2) is 4.79 Å². The average molecular weight is 214 g/mol. The van der Waals surface area contributed by atoms with Crippen molar-refractivity contribution in [1.82, 2.24) is 5.32 Å². The monoisotopic (exact) mass is 214 g/mol. The SMILES string of the molecule is COC(=O)[C@@H](C)NC(=O)C1CCC(N)C1. The van der Waals surface area contributed by atoms with Gasteiger partial charge in [-0.05, 0) is 26.2 Å². The van der Waals surface area contributed by atoms with Crippen LogP contribution in [0.5, 0.6) is 0 Å². The summed E-state index contributed by atoms with van der Waals surface area (Å²) in [7, 11) is 1.30. The van der Waals surface area contributed by atoms with E-state index in [1.54, 1.807) is 6.92 Å². The molecule has 0 spiro atoms. The van der Waals surface area contributed by atoms with Gasteiger partial charge in [-0.3, -0.25) is 4.79 Å². The van der Waals surface area contributed by atoms with Crippen molar-refractivity contribution in [3.05, 3.63) is 0 Å². The molecular weight excluding hydrogens is 196 g/mol. The molecule has 5 heteroatoms. The van der Waals surface area contributed by atoms with Crippen molar-refractivity contribution < 1.29 is 14.3 Å². The second kappa shape index (κ2) is 5.11. The third-order valence-corrected chi connectivity index (χ3v) is 2.76. The lowest BCUT2D eigenvalue weighted by molar-refractivity contribution is -0.145. The van der Waals surface area contributed by atoms with Crippen LogP contribution < -0.4 is 11.1 Å². The van der Waals surface area contributed by atoms with Crippen LogP contribution in [0.25, 0.3) is 0 Å². The summed E-state index contributed by atoms with van der Waals surface area (Å²) in [5.41, 5.74) is 5.71. The van der Waals surface area contributed by atoms with Gasteiger partial charge in [-0.1, -0.05) is 0 Å². The maximum absolute atomic E-state index is 11.6. The fourth-order valence-electron chi connectivity index (χ4n) is 1.82. The van der Waals surface area contributed by atoms with Gasteiger partial charge in [0.05, 0.1) is 7.11 Å². The summed E-state index contributed by atoms with van der Waals surface area (Å²) in [5, 5.41) is 2.62. The summed E-state index contributed by atoms with van der Waals surface area (Å²) in [4.78, 5) is 22.7. The maximum Gasteiger partial charge on any atom is 0.328 e. The smallest absolute Gasteiger partial charge is 0.328 e. The maximum atomic E-state index is 11.6. The van der Waals surface area contributed by atoms with Crippen LogP contribution in [0.2, 0.25) is 0 Å². The molecule has 1 rings (SSSR count). The summed E-state index contributed by atoms with van der Waals surface area (Å²) in [5.74, 6) is -0.571. The minimum absolute atomic E-state index is 0.0490. The van der Waals surface area contributed by atoms with Gasteiger partial charge in [-0.2, -0.15) is 0 Å². The molecule has 1 aliphatic carbocycles. The quantitative estimate of drug-likeness (QED) is 0.637. The highest BCUT2D eigenvalue weighted by Gasteiger charge is 2.29. The van der Waals surface area contributed by atoms with E-state index in [-0.39, 0.29) is 17.9 Å². The van der Waals surface area contributed by atoms with E-state index in [2.05, 4.69) is 10.1 Å². The van der Waals surface area contributed by atoms with Crippen molar-refractivity contribution in [3.63, 3.8) is 0 Å². The Morgan fingerprint density at radius 2 is 2.13 bits per heavy atom. The minimum atomic E-state index is -0.584. The third-order valence-electron chi connectivity index (χ3n) is 2.76. The Morgan fingerprint density at radius 1 is 1.47 bits per heavy atom. The largest absolute Gasteiger partial charge is 0.467 e. The molecule has 0 saturated heterocycles. The topological polar surface area (TPSA) is 81.4 Å². The molecular formula is C10H18N2O3. The Hall–Kier alpha value is -1.10. The van der Waals surface area contributed by atoms with E-state index >= 15 is 0 Å². The molecule has 0 aliphatic heterocycles. The van der Waals surface area contributed by atoms with Gasteiger partial charge in [0, 0.05) is 12.0 Å². The third kappa shape index (κ3) is 3.20. The Labute approximate surface area is 89.3 Å². The van der Waals surface area contributed by atoms with Crippen molar-refractivity contribution in [3.8, 4) is 0 Å². The van der Waals surface area contributed by atoms with E-state index < -0.39 is 12.0 Å². The van der Waals surface area contributed by atoms with Crippen molar-refractivity contribution in [2.45, 2.75) is 38.3 Å². The summed E-state index contributed by atoms with van der Waals surface area (Å²) < 4.78 is 4.52. The number of amides is 1. The van der Waals surface area contributed by atoms with E-state index in [0.717, 1.165) is 12.8 Å². The number of ether oxygens (including phenoxy) is 1. The number of rotatable bonds is 3.